The molecular formula is C19H22N2O7. The second-order valence-electron chi connectivity index (χ2n) is 6.95. The lowest BCUT2D eigenvalue weighted by Crippen LogP contribution is -2.46. The van der Waals surface area contributed by atoms with E-state index in [1.54, 1.807) is 19.1 Å². The monoisotopic (exact) mass is 390 g/mol. The third-order valence-electron chi connectivity index (χ3n) is 5.06. The number of benzene rings is 1. The van der Waals surface area contributed by atoms with Gasteiger partial charge < -0.3 is 19.5 Å². The van der Waals surface area contributed by atoms with Gasteiger partial charge in [0, 0.05) is 6.07 Å². The second-order valence-corrected chi connectivity index (χ2v) is 6.95. The number of carbonyl (C=O) groups excluding carboxylic acids is 4. The van der Waals surface area contributed by atoms with Crippen molar-refractivity contribution in [2.24, 2.45) is 5.92 Å². The topological polar surface area (TPSA) is 111 Å². The highest BCUT2D eigenvalue weighted by atomic mass is 16.5. The van der Waals surface area contributed by atoms with Crippen molar-refractivity contribution in [2.45, 2.75) is 25.3 Å². The molecule has 0 radical (unpaired) electrons. The van der Waals surface area contributed by atoms with Crippen molar-refractivity contribution >= 4 is 23.7 Å². The number of esters is 1. The Hall–Kier alpha value is -3.10. The van der Waals surface area contributed by atoms with Crippen LogP contribution in [0.5, 0.6) is 11.5 Å². The van der Waals surface area contributed by atoms with Crippen LogP contribution in [0.4, 0.5) is 4.79 Å². The lowest BCUT2D eigenvalue weighted by atomic mass is 9.96. The minimum atomic E-state index is -0.969. The summed E-state index contributed by atoms with van der Waals surface area (Å²) in [6, 6.07) is 4.01. The highest BCUT2D eigenvalue weighted by Gasteiger charge is 2.56. The van der Waals surface area contributed by atoms with Crippen LogP contribution in [0.3, 0.4) is 0 Å². The molecule has 0 bridgehead atoms. The van der Waals surface area contributed by atoms with Gasteiger partial charge in [-0.25, -0.2) is 4.79 Å². The summed E-state index contributed by atoms with van der Waals surface area (Å²) in [6.45, 7) is 0.584. The average molecular weight is 390 g/mol. The van der Waals surface area contributed by atoms with Gasteiger partial charge in [-0.3, -0.25) is 19.3 Å². The summed E-state index contributed by atoms with van der Waals surface area (Å²) >= 11 is 0. The summed E-state index contributed by atoms with van der Waals surface area (Å²) in [6.07, 6.45) is 1.72. The van der Waals surface area contributed by atoms with Gasteiger partial charge in [0.05, 0.1) is 19.8 Å². The van der Waals surface area contributed by atoms with E-state index < -0.39 is 42.4 Å². The van der Waals surface area contributed by atoms with E-state index in [0.29, 0.717) is 5.75 Å². The van der Waals surface area contributed by atoms with Crippen molar-refractivity contribution in [1.82, 2.24) is 10.2 Å². The van der Waals surface area contributed by atoms with Crippen molar-refractivity contribution in [1.29, 1.82) is 0 Å². The lowest BCUT2D eigenvalue weighted by molar-refractivity contribution is -0.146. The van der Waals surface area contributed by atoms with Crippen LogP contribution in [-0.2, 0) is 14.3 Å². The number of nitrogens with one attached hydrogen (secondary N) is 1. The zero-order chi connectivity index (χ0) is 20.5. The number of carbonyl (C=O) groups is 4. The fourth-order valence-electron chi connectivity index (χ4n) is 3.22. The number of methoxy groups -OCH3 is 2. The van der Waals surface area contributed by atoms with Crippen molar-refractivity contribution in [2.75, 3.05) is 27.4 Å². The molecule has 0 spiro atoms. The molecule has 1 aromatic carbocycles. The first kappa shape index (κ1) is 19.7. The number of Topliss-reactive ketones (excluding diaryl/α,β-unsaturated/α-hetero) is 1. The first-order valence-electron chi connectivity index (χ1n) is 8.85. The molecule has 1 saturated carbocycles. The Morgan fingerprint density at radius 3 is 2.54 bits per heavy atom. The molecule has 3 amide bonds. The molecule has 1 aromatic rings. The summed E-state index contributed by atoms with van der Waals surface area (Å²) in [7, 11) is 2.90. The Morgan fingerprint density at radius 1 is 1.21 bits per heavy atom. The van der Waals surface area contributed by atoms with Crippen molar-refractivity contribution in [3.8, 4) is 11.5 Å². The number of imide groups is 1. The van der Waals surface area contributed by atoms with E-state index in [9.17, 15) is 19.2 Å². The molecular weight excluding hydrogens is 368 g/mol. The van der Waals surface area contributed by atoms with Crippen molar-refractivity contribution < 1.29 is 33.4 Å². The summed E-state index contributed by atoms with van der Waals surface area (Å²) in [5.41, 5.74) is -0.740. The van der Waals surface area contributed by atoms with Gasteiger partial charge in [-0.2, -0.15) is 0 Å². The van der Waals surface area contributed by atoms with Crippen LogP contribution >= 0.6 is 0 Å². The molecule has 1 N–H and O–H groups in total. The van der Waals surface area contributed by atoms with Crippen LogP contribution in [0.1, 0.15) is 30.1 Å². The smallest absolute Gasteiger partial charge is 0.326 e. The van der Waals surface area contributed by atoms with Gasteiger partial charge in [0.15, 0.2) is 6.61 Å². The van der Waals surface area contributed by atoms with Gasteiger partial charge in [-0.1, -0.05) is 0 Å². The number of rotatable bonds is 8. The van der Waals surface area contributed by atoms with E-state index in [1.165, 1.54) is 20.3 Å². The second kappa shape index (κ2) is 7.49. The van der Waals surface area contributed by atoms with Gasteiger partial charge in [0.25, 0.3) is 5.91 Å². The maximum Gasteiger partial charge on any atom is 0.326 e. The first-order valence-corrected chi connectivity index (χ1v) is 8.85. The predicted molar refractivity (Wildman–Crippen MR) is 96.2 cm³/mol. The first-order chi connectivity index (χ1) is 13.3. The highest BCUT2D eigenvalue weighted by Crippen LogP contribution is 2.42. The molecule has 9 heteroatoms. The molecule has 0 aromatic heterocycles. The Labute approximate surface area is 161 Å². The molecule has 3 rings (SSSR count). The molecule has 9 nitrogen and oxygen atoms in total. The number of urea groups is 1. The summed E-state index contributed by atoms with van der Waals surface area (Å²) in [4.78, 5) is 49.8. The van der Waals surface area contributed by atoms with Gasteiger partial charge in [-0.05, 0) is 37.8 Å². The molecule has 150 valence electrons. The van der Waals surface area contributed by atoms with E-state index in [4.69, 9.17) is 14.2 Å². The standard InChI is InChI=1S/C19H22N2O7/c1-19(11-4-5-11)17(24)21(18(25)20-19)9-16(23)28-10-14(22)13-7-6-12(26-2)8-15(13)27-3/h6-8,11H,4-5,9-10H2,1-3H3,(H,20,25)/t19-/m0/s1. The summed E-state index contributed by atoms with van der Waals surface area (Å²) in [5, 5.41) is 2.65. The largest absolute Gasteiger partial charge is 0.497 e. The van der Waals surface area contributed by atoms with Crippen LogP contribution in [0.15, 0.2) is 18.2 Å². The van der Waals surface area contributed by atoms with Gasteiger partial charge in [0.2, 0.25) is 5.78 Å². The third-order valence-corrected chi connectivity index (χ3v) is 5.06. The number of ketones is 1. The third kappa shape index (κ3) is 3.64. The fraction of sp³-hybridized carbons (Fsp3) is 0.474. The van der Waals surface area contributed by atoms with E-state index >= 15 is 0 Å². The Kier molecular flexibility index (Phi) is 5.26. The molecule has 1 saturated heterocycles. The van der Waals surface area contributed by atoms with Crippen LogP contribution in [0, 0.1) is 5.92 Å². The minimum Gasteiger partial charge on any atom is -0.497 e. The number of hydrogen-bond donors (Lipinski definition) is 1. The maximum absolute atomic E-state index is 12.5. The lowest BCUT2D eigenvalue weighted by Gasteiger charge is -2.20. The van der Waals surface area contributed by atoms with Gasteiger partial charge >= 0.3 is 12.0 Å². The average Bonchev–Trinajstić information content (AvgIpc) is 3.51. The number of hydrogen-bond acceptors (Lipinski definition) is 7. The fourth-order valence-corrected chi connectivity index (χ4v) is 3.22. The zero-order valence-corrected chi connectivity index (χ0v) is 15.9. The van der Waals surface area contributed by atoms with E-state index in [2.05, 4.69) is 5.32 Å². The quantitative estimate of drug-likeness (QED) is 0.403. The Bertz CT molecular complexity index is 834. The van der Waals surface area contributed by atoms with E-state index in [0.717, 1.165) is 17.7 Å². The molecule has 1 atom stereocenters. The molecule has 1 aliphatic carbocycles. The molecule has 1 heterocycles. The van der Waals surface area contributed by atoms with Crippen LogP contribution in [-0.4, -0.2) is 61.5 Å². The number of amides is 3. The van der Waals surface area contributed by atoms with E-state index in [1.807, 2.05) is 0 Å². The predicted octanol–water partition coefficient (Wildman–Crippen LogP) is 1.15. The van der Waals surface area contributed by atoms with E-state index in [-0.39, 0.29) is 17.2 Å². The zero-order valence-electron chi connectivity index (χ0n) is 15.9. The molecule has 0 unspecified atom stereocenters. The summed E-state index contributed by atoms with van der Waals surface area (Å²) < 4.78 is 15.2. The van der Waals surface area contributed by atoms with Crippen molar-refractivity contribution in [3.05, 3.63) is 23.8 Å². The molecule has 1 aliphatic heterocycles. The minimum absolute atomic E-state index is 0.0917. The number of ether oxygens (including phenoxy) is 3. The number of nitrogens with zero attached hydrogens (tertiary/aromatic N) is 1. The maximum atomic E-state index is 12.5. The van der Waals surface area contributed by atoms with Crippen LogP contribution in [0.2, 0.25) is 0 Å². The molecule has 2 aliphatic rings. The van der Waals surface area contributed by atoms with Gasteiger partial charge in [-0.15, -0.1) is 0 Å². The van der Waals surface area contributed by atoms with Gasteiger partial charge in [0.1, 0.15) is 23.6 Å². The molecule has 28 heavy (non-hydrogen) atoms. The Balaban J connectivity index is 1.58. The SMILES string of the molecule is COc1ccc(C(=O)COC(=O)CN2C(=O)N[C@@](C)(C3CC3)C2=O)c(OC)c1. The highest BCUT2D eigenvalue weighted by molar-refractivity contribution is 6.09. The molecule has 2 fully saturated rings. The summed E-state index contributed by atoms with van der Waals surface area (Å²) in [5.74, 6) is -0.871. The van der Waals surface area contributed by atoms with Crippen LogP contribution < -0.4 is 14.8 Å². The Morgan fingerprint density at radius 2 is 1.93 bits per heavy atom. The van der Waals surface area contributed by atoms with Crippen molar-refractivity contribution in [3.63, 3.8) is 0 Å². The normalized spacial score (nSPS) is 21.3. The van der Waals surface area contributed by atoms with Crippen LogP contribution in [0.25, 0.3) is 0 Å².